The molecular formula is C19H20ClN3O2. The van der Waals surface area contributed by atoms with Crippen LogP contribution in [-0.4, -0.2) is 36.5 Å². The fourth-order valence-electron chi connectivity index (χ4n) is 2.87. The predicted octanol–water partition coefficient (Wildman–Crippen LogP) is 3.29. The highest BCUT2D eigenvalue weighted by atomic mass is 35.5. The first kappa shape index (κ1) is 17.3. The number of hydrogen-bond donors (Lipinski definition) is 1. The van der Waals surface area contributed by atoms with Crippen LogP contribution >= 0.6 is 11.6 Å². The minimum absolute atomic E-state index is 0.0700. The summed E-state index contributed by atoms with van der Waals surface area (Å²) in [5.74, 6) is -0.0700. The van der Waals surface area contributed by atoms with Crippen LogP contribution in [0.3, 0.4) is 0 Å². The molecule has 2 aromatic rings. The second-order valence-corrected chi connectivity index (χ2v) is 6.54. The normalized spacial score (nSPS) is 16.8. The van der Waals surface area contributed by atoms with Gasteiger partial charge in [0.05, 0.1) is 0 Å². The molecule has 0 unspecified atom stereocenters. The Morgan fingerprint density at radius 3 is 2.56 bits per heavy atom. The van der Waals surface area contributed by atoms with Crippen LogP contribution in [0.2, 0.25) is 5.02 Å². The lowest BCUT2D eigenvalue weighted by Gasteiger charge is -2.21. The fraction of sp³-hybridized carbons (Fsp3) is 0.263. The minimum Gasteiger partial charge on any atom is -0.326 e. The monoisotopic (exact) mass is 357 g/mol. The molecule has 130 valence electrons. The van der Waals surface area contributed by atoms with E-state index in [0.29, 0.717) is 24.5 Å². The van der Waals surface area contributed by atoms with Gasteiger partial charge in [-0.15, -0.1) is 0 Å². The van der Waals surface area contributed by atoms with Crippen molar-refractivity contribution in [3.05, 3.63) is 65.2 Å². The van der Waals surface area contributed by atoms with Crippen molar-refractivity contribution in [3.63, 3.8) is 0 Å². The van der Waals surface area contributed by atoms with Gasteiger partial charge in [-0.25, -0.2) is 4.79 Å². The van der Waals surface area contributed by atoms with Gasteiger partial charge < -0.3 is 15.1 Å². The van der Waals surface area contributed by atoms with Gasteiger partial charge >= 0.3 is 6.03 Å². The number of anilines is 1. The van der Waals surface area contributed by atoms with Gasteiger partial charge in [-0.2, -0.15) is 0 Å². The molecule has 1 fully saturated rings. The summed E-state index contributed by atoms with van der Waals surface area (Å²) in [7, 11) is 1.71. The molecule has 0 spiro atoms. The van der Waals surface area contributed by atoms with Gasteiger partial charge in [0.15, 0.2) is 0 Å². The number of para-hydroxylation sites is 1. The Kier molecular flexibility index (Phi) is 5.24. The van der Waals surface area contributed by atoms with Crippen LogP contribution in [0.25, 0.3) is 0 Å². The maximum absolute atomic E-state index is 12.5. The largest absolute Gasteiger partial charge is 0.326 e. The lowest BCUT2D eigenvalue weighted by molar-refractivity contribution is -0.118. The first-order chi connectivity index (χ1) is 12.0. The number of carbonyl (C=O) groups excluding carboxylic acids is 2. The van der Waals surface area contributed by atoms with Crippen LogP contribution in [-0.2, 0) is 11.3 Å². The molecule has 25 heavy (non-hydrogen) atoms. The highest BCUT2D eigenvalue weighted by Crippen LogP contribution is 2.21. The van der Waals surface area contributed by atoms with Crippen LogP contribution < -0.4 is 10.2 Å². The second kappa shape index (κ2) is 7.57. The van der Waals surface area contributed by atoms with Gasteiger partial charge in [0.2, 0.25) is 5.91 Å². The smallest absolute Gasteiger partial charge is 0.318 e. The first-order valence-corrected chi connectivity index (χ1v) is 8.55. The van der Waals surface area contributed by atoms with Crippen molar-refractivity contribution in [1.29, 1.82) is 0 Å². The summed E-state index contributed by atoms with van der Waals surface area (Å²) in [6, 6.07) is 16.1. The maximum atomic E-state index is 12.5. The Labute approximate surface area is 152 Å². The summed E-state index contributed by atoms with van der Waals surface area (Å²) in [4.78, 5) is 28.2. The predicted molar refractivity (Wildman–Crippen MR) is 98.7 cm³/mol. The van der Waals surface area contributed by atoms with Gasteiger partial charge in [0.1, 0.15) is 6.04 Å². The zero-order valence-corrected chi connectivity index (χ0v) is 14.7. The highest BCUT2D eigenvalue weighted by molar-refractivity contribution is 6.30. The van der Waals surface area contributed by atoms with Crippen LogP contribution in [0.5, 0.6) is 0 Å². The molecule has 1 heterocycles. The van der Waals surface area contributed by atoms with E-state index in [1.165, 1.54) is 0 Å². The molecule has 1 saturated heterocycles. The Bertz CT molecular complexity index is 749. The van der Waals surface area contributed by atoms with E-state index in [2.05, 4.69) is 5.32 Å². The molecule has 3 amide bonds. The fourth-order valence-corrected chi connectivity index (χ4v) is 3.00. The Morgan fingerprint density at radius 2 is 1.88 bits per heavy atom. The molecule has 0 aromatic heterocycles. The number of amides is 3. The SMILES string of the molecule is CN(Cc1ccc(Cl)cc1)C(=O)N[C@@H]1CCN(c2ccccc2)C1=O. The standard InChI is InChI=1S/C19H20ClN3O2/c1-22(13-14-7-9-15(20)10-8-14)19(25)21-17-11-12-23(18(17)24)16-5-3-2-4-6-16/h2-10,17H,11-13H2,1H3,(H,21,25)/t17-/m1/s1. The summed E-state index contributed by atoms with van der Waals surface area (Å²) >= 11 is 5.87. The number of nitrogens with one attached hydrogen (secondary N) is 1. The molecule has 5 nitrogen and oxygen atoms in total. The average Bonchev–Trinajstić information content (AvgIpc) is 2.98. The molecule has 1 aliphatic rings. The molecular weight excluding hydrogens is 338 g/mol. The zero-order valence-electron chi connectivity index (χ0n) is 14.0. The number of carbonyl (C=O) groups is 2. The molecule has 0 radical (unpaired) electrons. The van der Waals surface area contributed by atoms with Crippen LogP contribution in [0.4, 0.5) is 10.5 Å². The zero-order chi connectivity index (χ0) is 17.8. The van der Waals surface area contributed by atoms with Gasteiger partial charge in [-0.1, -0.05) is 41.9 Å². The first-order valence-electron chi connectivity index (χ1n) is 8.17. The summed E-state index contributed by atoms with van der Waals surface area (Å²) in [6.07, 6.45) is 0.605. The number of halogens is 1. The molecule has 1 N–H and O–H groups in total. The van der Waals surface area contributed by atoms with Crippen molar-refractivity contribution in [3.8, 4) is 0 Å². The Balaban J connectivity index is 1.57. The topological polar surface area (TPSA) is 52.7 Å². The Hall–Kier alpha value is -2.53. The lowest BCUT2D eigenvalue weighted by atomic mass is 10.2. The van der Waals surface area contributed by atoms with E-state index >= 15 is 0 Å². The van der Waals surface area contributed by atoms with Crippen LogP contribution in [0.1, 0.15) is 12.0 Å². The number of nitrogens with zero attached hydrogens (tertiary/aromatic N) is 2. The number of rotatable bonds is 4. The number of benzene rings is 2. The third-order valence-corrected chi connectivity index (χ3v) is 4.50. The van der Waals surface area contributed by atoms with Crippen molar-refractivity contribution in [2.45, 2.75) is 19.0 Å². The van der Waals surface area contributed by atoms with Gasteiger partial charge in [-0.3, -0.25) is 4.79 Å². The number of hydrogen-bond acceptors (Lipinski definition) is 2. The molecule has 0 saturated carbocycles. The van der Waals surface area contributed by atoms with Crippen molar-refractivity contribution < 1.29 is 9.59 Å². The lowest BCUT2D eigenvalue weighted by Crippen LogP contribution is -2.46. The number of urea groups is 1. The highest BCUT2D eigenvalue weighted by Gasteiger charge is 2.34. The van der Waals surface area contributed by atoms with Gasteiger partial charge in [-0.05, 0) is 36.2 Å². The van der Waals surface area contributed by atoms with Crippen molar-refractivity contribution in [2.75, 3.05) is 18.5 Å². The van der Waals surface area contributed by atoms with E-state index < -0.39 is 6.04 Å². The van der Waals surface area contributed by atoms with E-state index in [1.807, 2.05) is 42.5 Å². The summed E-state index contributed by atoms with van der Waals surface area (Å²) in [5.41, 5.74) is 1.84. The van der Waals surface area contributed by atoms with Gasteiger partial charge in [0, 0.05) is 30.8 Å². The van der Waals surface area contributed by atoms with E-state index in [9.17, 15) is 9.59 Å². The molecule has 3 rings (SSSR count). The average molecular weight is 358 g/mol. The van der Waals surface area contributed by atoms with Crippen LogP contribution in [0.15, 0.2) is 54.6 Å². The summed E-state index contributed by atoms with van der Waals surface area (Å²) in [5, 5.41) is 3.49. The molecule has 6 heteroatoms. The third-order valence-electron chi connectivity index (χ3n) is 4.25. The van der Waals surface area contributed by atoms with Crippen molar-refractivity contribution in [1.82, 2.24) is 10.2 Å². The van der Waals surface area contributed by atoms with Crippen molar-refractivity contribution in [2.24, 2.45) is 0 Å². The summed E-state index contributed by atoms with van der Waals surface area (Å²) < 4.78 is 0. The Morgan fingerprint density at radius 1 is 1.20 bits per heavy atom. The summed E-state index contributed by atoms with van der Waals surface area (Å²) in [6.45, 7) is 1.06. The minimum atomic E-state index is -0.486. The van der Waals surface area contributed by atoms with Crippen molar-refractivity contribution >= 4 is 29.2 Å². The van der Waals surface area contributed by atoms with Gasteiger partial charge in [0.25, 0.3) is 0 Å². The second-order valence-electron chi connectivity index (χ2n) is 6.10. The maximum Gasteiger partial charge on any atom is 0.318 e. The van der Waals surface area contributed by atoms with E-state index in [4.69, 9.17) is 11.6 Å². The quantitative estimate of drug-likeness (QED) is 0.912. The molecule has 1 atom stereocenters. The van der Waals surface area contributed by atoms with Crippen LogP contribution in [0, 0.1) is 0 Å². The van der Waals surface area contributed by atoms with E-state index in [1.54, 1.807) is 29.0 Å². The molecule has 0 aliphatic carbocycles. The third kappa shape index (κ3) is 4.12. The molecule has 1 aliphatic heterocycles. The molecule has 0 bridgehead atoms. The van der Waals surface area contributed by atoms with E-state index in [0.717, 1.165) is 11.3 Å². The molecule has 2 aromatic carbocycles. The van der Waals surface area contributed by atoms with E-state index in [-0.39, 0.29) is 11.9 Å².